The van der Waals surface area contributed by atoms with Crippen LogP contribution in [-0.2, 0) is 0 Å². The van der Waals surface area contributed by atoms with Crippen molar-refractivity contribution in [3.05, 3.63) is 29.8 Å². The molecule has 0 aromatic carbocycles. The Kier molecular flexibility index (Phi) is 2.60. The molecule has 2 aromatic heterocycles. The summed E-state index contributed by atoms with van der Waals surface area (Å²) in [4.78, 5) is 8.70. The molecule has 3 rings (SSSR count). The summed E-state index contributed by atoms with van der Waals surface area (Å²) in [5, 5.41) is 7.34. The van der Waals surface area contributed by atoms with Crippen molar-refractivity contribution in [1.82, 2.24) is 20.4 Å². The SMILES string of the molecule is Cc1cccnc1-c1noc(C2CCCN2)n1. The Morgan fingerprint density at radius 3 is 3.18 bits per heavy atom. The van der Waals surface area contributed by atoms with Gasteiger partial charge in [-0.25, -0.2) is 0 Å². The summed E-state index contributed by atoms with van der Waals surface area (Å²) in [6.45, 7) is 3.01. The fraction of sp³-hybridized carbons (Fsp3) is 0.417. The number of hydrogen-bond donors (Lipinski definition) is 1. The predicted octanol–water partition coefficient (Wildman–Crippen LogP) is 1.86. The molecule has 3 heterocycles. The van der Waals surface area contributed by atoms with E-state index >= 15 is 0 Å². The van der Waals surface area contributed by atoms with Gasteiger partial charge in [0.1, 0.15) is 5.69 Å². The van der Waals surface area contributed by atoms with Crippen molar-refractivity contribution in [2.24, 2.45) is 0 Å². The standard InChI is InChI=1S/C12H14N4O/c1-8-4-2-7-14-10(8)11-15-12(17-16-11)9-5-3-6-13-9/h2,4,7,9,13H,3,5-6H2,1H3. The second-order valence-electron chi connectivity index (χ2n) is 4.27. The minimum absolute atomic E-state index is 0.209. The lowest BCUT2D eigenvalue weighted by Gasteiger charge is -2.01. The van der Waals surface area contributed by atoms with Crippen LogP contribution in [0.1, 0.15) is 30.3 Å². The molecule has 1 aliphatic rings. The smallest absolute Gasteiger partial charge is 0.244 e. The van der Waals surface area contributed by atoms with Gasteiger partial charge in [0, 0.05) is 6.20 Å². The summed E-state index contributed by atoms with van der Waals surface area (Å²) in [7, 11) is 0. The summed E-state index contributed by atoms with van der Waals surface area (Å²) in [6, 6.07) is 4.10. The van der Waals surface area contributed by atoms with E-state index in [4.69, 9.17) is 4.52 Å². The van der Waals surface area contributed by atoms with Crippen molar-refractivity contribution < 1.29 is 4.52 Å². The highest BCUT2D eigenvalue weighted by atomic mass is 16.5. The highest BCUT2D eigenvalue weighted by Gasteiger charge is 2.23. The Balaban J connectivity index is 1.92. The van der Waals surface area contributed by atoms with Crippen LogP contribution < -0.4 is 5.32 Å². The molecular weight excluding hydrogens is 216 g/mol. The topological polar surface area (TPSA) is 63.8 Å². The molecule has 5 heteroatoms. The molecular formula is C12H14N4O. The molecule has 1 saturated heterocycles. The number of aromatic nitrogens is 3. The van der Waals surface area contributed by atoms with E-state index in [1.54, 1.807) is 6.20 Å². The van der Waals surface area contributed by atoms with Crippen LogP contribution in [0.5, 0.6) is 0 Å². The van der Waals surface area contributed by atoms with E-state index < -0.39 is 0 Å². The van der Waals surface area contributed by atoms with Gasteiger partial charge >= 0.3 is 0 Å². The molecule has 17 heavy (non-hydrogen) atoms. The van der Waals surface area contributed by atoms with Gasteiger partial charge in [0.25, 0.3) is 0 Å². The molecule has 1 unspecified atom stereocenters. The van der Waals surface area contributed by atoms with Crippen LogP contribution in [0.15, 0.2) is 22.9 Å². The van der Waals surface area contributed by atoms with Gasteiger partial charge in [-0.2, -0.15) is 4.98 Å². The van der Waals surface area contributed by atoms with E-state index in [-0.39, 0.29) is 6.04 Å². The molecule has 0 aliphatic carbocycles. The molecule has 0 bridgehead atoms. The van der Waals surface area contributed by atoms with Crippen molar-refractivity contribution in [2.45, 2.75) is 25.8 Å². The number of hydrogen-bond acceptors (Lipinski definition) is 5. The van der Waals surface area contributed by atoms with Gasteiger partial charge < -0.3 is 9.84 Å². The van der Waals surface area contributed by atoms with Crippen LogP contribution in [0.4, 0.5) is 0 Å². The van der Waals surface area contributed by atoms with Crippen LogP contribution in [0.3, 0.4) is 0 Å². The van der Waals surface area contributed by atoms with Gasteiger partial charge in [0.2, 0.25) is 11.7 Å². The number of nitrogens with one attached hydrogen (secondary N) is 1. The third-order valence-electron chi connectivity index (χ3n) is 3.02. The Morgan fingerprint density at radius 1 is 1.47 bits per heavy atom. The van der Waals surface area contributed by atoms with Gasteiger partial charge in [-0.1, -0.05) is 11.2 Å². The first-order valence-electron chi connectivity index (χ1n) is 5.83. The Labute approximate surface area is 99.3 Å². The summed E-state index contributed by atoms with van der Waals surface area (Å²) in [5.74, 6) is 1.24. The van der Waals surface area contributed by atoms with Crippen LogP contribution in [0, 0.1) is 6.92 Å². The second-order valence-corrected chi connectivity index (χ2v) is 4.27. The lowest BCUT2D eigenvalue weighted by molar-refractivity contribution is 0.345. The average molecular weight is 230 g/mol. The summed E-state index contributed by atoms with van der Waals surface area (Å²) >= 11 is 0. The Morgan fingerprint density at radius 2 is 2.41 bits per heavy atom. The van der Waals surface area contributed by atoms with Crippen molar-refractivity contribution in [3.63, 3.8) is 0 Å². The van der Waals surface area contributed by atoms with Crippen molar-refractivity contribution >= 4 is 0 Å². The van der Waals surface area contributed by atoms with Gasteiger partial charge in [0.05, 0.1) is 6.04 Å². The zero-order chi connectivity index (χ0) is 11.7. The van der Waals surface area contributed by atoms with E-state index in [9.17, 15) is 0 Å². The quantitative estimate of drug-likeness (QED) is 0.853. The van der Waals surface area contributed by atoms with E-state index in [0.717, 1.165) is 30.6 Å². The molecule has 88 valence electrons. The van der Waals surface area contributed by atoms with Crippen molar-refractivity contribution in [2.75, 3.05) is 6.54 Å². The highest BCUT2D eigenvalue weighted by Crippen LogP contribution is 2.24. The molecule has 0 spiro atoms. The molecule has 1 aliphatic heterocycles. The first-order valence-corrected chi connectivity index (χ1v) is 5.83. The maximum absolute atomic E-state index is 5.29. The largest absolute Gasteiger partial charge is 0.337 e. The van der Waals surface area contributed by atoms with Crippen molar-refractivity contribution in [1.29, 1.82) is 0 Å². The third-order valence-corrected chi connectivity index (χ3v) is 3.02. The molecule has 2 aromatic rings. The highest BCUT2D eigenvalue weighted by molar-refractivity contribution is 5.53. The molecule has 0 amide bonds. The van der Waals surface area contributed by atoms with Crippen LogP contribution in [-0.4, -0.2) is 21.7 Å². The van der Waals surface area contributed by atoms with Gasteiger partial charge in [-0.3, -0.25) is 4.98 Å². The Bertz CT molecular complexity index is 517. The molecule has 5 nitrogen and oxygen atoms in total. The number of aryl methyl sites for hydroxylation is 1. The maximum atomic E-state index is 5.29. The molecule has 1 fully saturated rings. The fourth-order valence-corrected chi connectivity index (χ4v) is 2.09. The summed E-state index contributed by atoms with van der Waals surface area (Å²) in [5.41, 5.74) is 1.85. The number of rotatable bonds is 2. The summed E-state index contributed by atoms with van der Waals surface area (Å²) in [6.07, 6.45) is 3.96. The number of pyridine rings is 1. The normalized spacial score (nSPS) is 19.7. The van der Waals surface area contributed by atoms with Crippen LogP contribution in [0.25, 0.3) is 11.5 Å². The molecule has 1 N–H and O–H groups in total. The minimum Gasteiger partial charge on any atom is -0.337 e. The van der Waals surface area contributed by atoms with E-state index in [2.05, 4.69) is 20.4 Å². The lowest BCUT2D eigenvalue weighted by Crippen LogP contribution is -2.13. The minimum atomic E-state index is 0.209. The van der Waals surface area contributed by atoms with Gasteiger partial charge in [-0.05, 0) is 37.9 Å². The zero-order valence-corrected chi connectivity index (χ0v) is 9.68. The fourth-order valence-electron chi connectivity index (χ4n) is 2.09. The average Bonchev–Trinajstić information content (AvgIpc) is 3.00. The second kappa shape index (κ2) is 4.25. The molecule has 0 radical (unpaired) electrons. The Hall–Kier alpha value is -1.75. The van der Waals surface area contributed by atoms with Crippen molar-refractivity contribution in [3.8, 4) is 11.5 Å². The number of nitrogens with zero attached hydrogens (tertiary/aromatic N) is 3. The third kappa shape index (κ3) is 1.93. The molecule has 0 saturated carbocycles. The predicted molar refractivity (Wildman–Crippen MR) is 62.2 cm³/mol. The molecule has 1 atom stereocenters. The summed E-state index contributed by atoms with van der Waals surface area (Å²) < 4.78 is 5.29. The van der Waals surface area contributed by atoms with E-state index in [1.807, 2.05) is 19.1 Å². The van der Waals surface area contributed by atoms with Crippen LogP contribution in [0.2, 0.25) is 0 Å². The first kappa shape index (κ1) is 10.4. The van der Waals surface area contributed by atoms with E-state index in [1.165, 1.54) is 0 Å². The van der Waals surface area contributed by atoms with Gasteiger partial charge in [-0.15, -0.1) is 0 Å². The van der Waals surface area contributed by atoms with E-state index in [0.29, 0.717) is 11.7 Å². The first-order chi connectivity index (χ1) is 8.34. The zero-order valence-electron chi connectivity index (χ0n) is 9.68. The monoisotopic (exact) mass is 230 g/mol. The van der Waals surface area contributed by atoms with Crippen LogP contribution >= 0.6 is 0 Å². The maximum Gasteiger partial charge on any atom is 0.244 e. The lowest BCUT2D eigenvalue weighted by atomic mass is 10.2. The van der Waals surface area contributed by atoms with Gasteiger partial charge in [0.15, 0.2) is 0 Å².